The SMILES string of the molecule is CS(=O)(=O)N(CC(=O)N/N=C\c1cccc2c1OCCO2)c1cccc(Cl)c1Cl. The maximum absolute atomic E-state index is 12.3. The van der Waals surface area contributed by atoms with Gasteiger partial charge < -0.3 is 9.47 Å². The van der Waals surface area contributed by atoms with E-state index in [0.29, 0.717) is 30.3 Å². The molecule has 0 atom stereocenters. The number of sulfonamides is 1. The Labute approximate surface area is 178 Å². The Morgan fingerprint density at radius 3 is 2.69 bits per heavy atom. The molecule has 0 spiro atoms. The molecule has 11 heteroatoms. The van der Waals surface area contributed by atoms with Gasteiger partial charge in [0.2, 0.25) is 10.0 Å². The number of hydrazone groups is 1. The van der Waals surface area contributed by atoms with Gasteiger partial charge in [-0.2, -0.15) is 5.10 Å². The van der Waals surface area contributed by atoms with Crippen molar-refractivity contribution in [3.8, 4) is 11.5 Å². The van der Waals surface area contributed by atoms with Crippen LogP contribution in [0.3, 0.4) is 0 Å². The van der Waals surface area contributed by atoms with E-state index in [9.17, 15) is 13.2 Å². The third kappa shape index (κ3) is 5.11. The molecule has 0 radical (unpaired) electrons. The normalized spacial score (nSPS) is 13.3. The van der Waals surface area contributed by atoms with E-state index in [1.165, 1.54) is 18.3 Å². The summed E-state index contributed by atoms with van der Waals surface area (Å²) in [6, 6.07) is 9.80. The van der Waals surface area contributed by atoms with Gasteiger partial charge in [-0.05, 0) is 24.3 Å². The van der Waals surface area contributed by atoms with Gasteiger partial charge in [0.15, 0.2) is 11.5 Å². The number of carbonyl (C=O) groups excluding carboxylic acids is 1. The average molecular weight is 458 g/mol. The highest BCUT2D eigenvalue weighted by Crippen LogP contribution is 2.34. The Balaban J connectivity index is 1.73. The van der Waals surface area contributed by atoms with Crippen LogP contribution in [0.1, 0.15) is 5.56 Å². The Hall–Kier alpha value is -2.49. The summed E-state index contributed by atoms with van der Waals surface area (Å²) in [5, 5.41) is 4.08. The molecule has 0 saturated heterocycles. The number of anilines is 1. The van der Waals surface area contributed by atoms with Gasteiger partial charge in [-0.1, -0.05) is 35.3 Å². The molecule has 3 rings (SSSR count). The lowest BCUT2D eigenvalue weighted by Crippen LogP contribution is -2.39. The van der Waals surface area contributed by atoms with Crippen LogP contribution in [0, 0.1) is 0 Å². The van der Waals surface area contributed by atoms with Gasteiger partial charge in [-0.25, -0.2) is 13.8 Å². The van der Waals surface area contributed by atoms with Crippen LogP contribution in [0.25, 0.3) is 0 Å². The van der Waals surface area contributed by atoms with Gasteiger partial charge in [-0.3, -0.25) is 9.10 Å². The van der Waals surface area contributed by atoms with E-state index < -0.39 is 22.5 Å². The second-order valence-electron chi connectivity index (χ2n) is 6.01. The Bertz CT molecular complexity index is 1060. The molecule has 154 valence electrons. The smallest absolute Gasteiger partial charge is 0.260 e. The van der Waals surface area contributed by atoms with E-state index in [1.54, 1.807) is 24.3 Å². The summed E-state index contributed by atoms with van der Waals surface area (Å²) >= 11 is 12.1. The van der Waals surface area contributed by atoms with Crippen LogP contribution in [0.15, 0.2) is 41.5 Å². The molecule has 1 heterocycles. The maximum Gasteiger partial charge on any atom is 0.260 e. The maximum atomic E-state index is 12.3. The van der Waals surface area contributed by atoms with Gasteiger partial charge in [0.1, 0.15) is 19.8 Å². The van der Waals surface area contributed by atoms with Crippen LogP contribution >= 0.6 is 23.2 Å². The summed E-state index contributed by atoms with van der Waals surface area (Å²) in [6.07, 6.45) is 2.36. The zero-order valence-electron chi connectivity index (χ0n) is 15.3. The Kier molecular flexibility index (Phi) is 6.51. The number of hydrogen-bond acceptors (Lipinski definition) is 6. The number of ether oxygens (including phenoxy) is 2. The van der Waals surface area contributed by atoms with Crippen molar-refractivity contribution in [3.63, 3.8) is 0 Å². The Morgan fingerprint density at radius 1 is 1.21 bits per heavy atom. The molecule has 8 nitrogen and oxygen atoms in total. The second-order valence-corrected chi connectivity index (χ2v) is 8.70. The third-order valence-corrected chi connectivity index (χ3v) is 5.81. The predicted molar refractivity (Wildman–Crippen MR) is 112 cm³/mol. The van der Waals surface area contributed by atoms with Crippen LogP contribution in [-0.4, -0.2) is 46.6 Å². The number of rotatable bonds is 6. The highest BCUT2D eigenvalue weighted by atomic mass is 35.5. The number of hydrogen-bond donors (Lipinski definition) is 1. The van der Waals surface area contributed by atoms with Crippen molar-refractivity contribution in [3.05, 3.63) is 52.0 Å². The minimum Gasteiger partial charge on any atom is -0.486 e. The van der Waals surface area contributed by atoms with Gasteiger partial charge >= 0.3 is 0 Å². The van der Waals surface area contributed by atoms with E-state index in [-0.39, 0.29) is 15.7 Å². The number of benzene rings is 2. The van der Waals surface area contributed by atoms with E-state index >= 15 is 0 Å². The van der Waals surface area contributed by atoms with Crippen LogP contribution < -0.4 is 19.2 Å². The molecule has 0 fully saturated rings. The summed E-state index contributed by atoms with van der Waals surface area (Å²) in [7, 11) is -3.80. The molecule has 1 aliphatic heterocycles. The molecule has 0 unspecified atom stereocenters. The van der Waals surface area contributed by atoms with Crippen molar-refractivity contribution >= 4 is 51.0 Å². The molecule has 2 aromatic rings. The molecule has 0 bridgehead atoms. The van der Waals surface area contributed by atoms with Crippen molar-refractivity contribution in [2.75, 3.05) is 30.3 Å². The highest BCUT2D eigenvalue weighted by Gasteiger charge is 2.24. The van der Waals surface area contributed by atoms with Crippen LogP contribution in [-0.2, 0) is 14.8 Å². The van der Waals surface area contributed by atoms with Crippen LogP contribution in [0.2, 0.25) is 10.0 Å². The molecule has 0 saturated carbocycles. The zero-order valence-corrected chi connectivity index (χ0v) is 17.6. The van der Waals surface area contributed by atoms with Crippen molar-refractivity contribution < 1.29 is 22.7 Å². The fourth-order valence-electron chi connectivity index (χ4n) is 2.60. The largest absolute Gasteiger partial charge is 0.486 e. The molecular formula is C18H17Cl2N3O5S. The molecule has 0 aromatic heterocycles. The van der Waals surface area contributed by atoms with Crippen LogP contribution in [0.4, 0.5) is 5.69 Å². The molecule has 1 N–H and O–H groups in total. The number of halogens is 2. The quantitative estimate of drug-likeness (QED) is 0.531. The van der Waals surface area contributed by atoms with E-state index in [4.69, 9.17) is 32.7 Å². The van der Waals surface area contributed by atoms with E-state index in [0.717, 1.165) is 10.6 Å². The van der Waals surface area contributed by atoms with Gasteiger partial charge in [0.25, 0.3) is 5.91 Å². The van der Waals surface area contributed by atoms with Gasteiger partial charge in [0, 0.05) is 5.56 Å². The number of amides is 1. The zero-order chi connectivity index (χ0) is 21.0. The summed E-state index contributed by atoms with van der Waals surface area (Å²) in [4.78, 5) is 12.3. The van der Waals surface area contributed by atoms with Crippen molar-refractivity contribution in [1.82, 2.24) is 5.43 Å². The number of nitrogens with one attached hydrogen (secondary N) is 1. The summed E-state index contributed by atoms with van der Waals surface area (Å²) in [5.74, 6) is 0.454. The second kappa shape index (κ2) is 8.89. The predicted octanol–water partition coefficient (Wildman–Crippen LogP) is 2.68. The lowest BCUT2D eigenvalue weighted by Gasteiger charge is -2.22. The Morgan fingerprint density at radius 2 is 1.93 bits per heavy atom. The molecule has 1 amide bonds. The number of fused-ring (bicyclic) bond motifs is 1. The van der Waals surface area contributed by atoms with Gasteiger partial charge in [-0.15, -0.1) is 0 Å². The van der Waals surface area contributed by atoms with Crippen molar-refractivity contribution in [2.24, 2.45) is 5.10 Å². The van der Waals surface area contributed by atoms with E-state index in [1.807, 2.05) is 0 Å². The standard InChI is InChI=1S/C18H17Cl2N3O5S/c1-29(25,26)23(14-6-3-5-13(19)17(14)20)11-16(24)22-21-10-12-4-2-7-15-18(12)28-9-8-27-15/h2-7,10H,8-9,11H2,1H3,(H,22,24)/b21-10-. The first-order chi connectivity index (χ1) is 13.8. The lowest BCUT2D eigenvalue weighted by molar-refractivity contribution is -0.119. The summed E-state index contributed by atoms with van der Waals surface area (Å²) < 4.78 is 36.2. The summed E-state index contributed by atoms with van der Waals surface area (Å²) in [6.45, 7) is 0.342. The third-order valence-electron chi connectivity index (χ3n) is 3.88. The van der Waals surface area contributed by atoms with Crippen molar-refractivity contribution in [2.45, 2.75) is 0 Å². The monoisotopic (exact) mass is 457 g/mol. The fourth-order valence-corrected chi connectivity index (χ4v) is 3.91. The number of carbonyl (C=O) groups is 1. The minimum absolute atomic E-state index is 0.0314. The lowest BCUT2D eigenvalue weighted by atomic mass is 10.2. The first-order valence-corrected chi connectivity index (χ1v) is 11.0. The molecule has 29 heavy (non-hydrogen) atoms. The first kappa shape index (κ1) is 21.2. The number of nitrogens with zero attached hydrogens (tertiary/aromatic N) is 2. The topological polar surface area (TPSA) is 97.3 Å². The minimum atomic E-state index is -3.80. The molecule has 1 aliphatic rings. The fraction of sp³-hybridized carbons (Fsp3) is 0.222. The first-order valence-electron chi connectivity index (χ1n) is 8.39. The van der Waals surface area contributed by atoms with Crippen molar-refractivity contribution in [1.29, 1.82) is 0 Å². The average Bonchev–Trinajstić information content (AvgIpc) is 2.68. The van der Waals surface area contributed by atoms with Gasteiger partial charge in [0.05, 0.1) is 28.2 Å². The molecule has 0 aliphatic carbocycles. The van der Waals surface area contributed by atoms with E-state index in [2.05, 4.69) is 10.5 Å². The molecular weight excluding hydrogens is 441 g/mol. The highest BCUT2D eigenvalue weighted by molar-refractivity contribution is 7.92. The van der Waals surface area contributed by atoms with Crippen LogP contribution in [0.5, 0.6) is 11.5 Å². The number of para-hydroxylation sites is 1. The molecule has 2 aromatic carbocycles. The summed E-state index contributed by atoms with van der Waals surface area (Å²) in [5.41, 5.74) is 3.01.